The van der Waals surface area contributed by atoms with E-state index in [2.05, 4.69) is 15.9 Å². The van der Waals surface area contributed by atoms with E-state index in [-0.39, 0.29) is 0 Å². The highest BCUT2D eigenvalue weighted by Crippen LogP contribution is 2.43. The summed E-state index contributed by atoms with van der Waals surface area (Å²) in [6.07, 6.45) is 19.7. The van der Waals surface area contributed by atoms with Crippen LogP contribution in [-0.4, -0.2) is 12.0 Å². The van der Waals surface area contributed by atoms with Gasteiger partial charge >= 0.3 is 0 Å². The molecule has 2 rings (SSSR count). The van der Waals surface area contributed by atoms with Crippen LogP contribution in [0.3, 0.4) is 0 Å². The van der Waals surface area contributed by atoms with E-state index in [1.54, 1.807) is 25.7 Å². The highest BCUT2D eigenvalue weighted by atomic mass is 79.9. The van der Waals surface area contributed by atoms with Gasteiger partial charge in [-0.3, -0.25) is 0 Å². The predicted octanol–water partition coefficient (Wildman–Crippen LogP) is 6.32. The van der Waals surface area contributed by atoms with Gasteiger partial charge in [0.15, 0.2) is 0 Å². The Hall–Kier alpha value is 0.545. The zero-order valence-corrected chi connectivity index (χ0v) is 13.6. The maximum atomic E-state index is 3.59. The number of rotatable bonds is 6. The minimum Gasteiger partial charge on any atom is -0.0928 e. The van der Waals surface area contributed by atoms with E-state index < -0.39 is 0 Å². The lowest BCUT2D eigenvalue weighted by Crippen LogP contribution is -2.30. The van der Waals surface area contributed by atoms with Gasteiger partial charge in [0.05, 0.1) is 0 Å². The number of halogens is 1. The number of unbranched alkanes of at least 4 members (excludes halogenated alkanes) is 1. The molecule has 0 aromatic heterocycles. The molecule has 2 aliphatic carbocycles. The van der Waals surface area contributed by atoms with E-state index in [4.69, 9.17) is 0 Å². The van der Waals surface area contributed by atoms with Gasteiger partial charge in [0.2, 0.25) is 0 Å². The fourth-order valence-electron chi connectivity index (χ4n) is 4.46. The molecule has 2 heteroatoms. The van der Waals surface area contributed by atoms with Gasteiger partial charge in [-0.05, 0) is 6.42 Å². The Morgan fingerprint density at radius 1 is 0.722 bits per heavy atom. The van der Waals surface area contributed by atoms with E-state index in [1.165, 1.54) is 63.0 Å². The van der Waals surface area contributed by atoms with E-state index >= 15 is 0 Å². The molecule has 2 saturated carbocycles. The Morgan fingerprint density at radius 2 is 1.22 bits per heavy atom. The molecule has 2 aliphatic rings. The van der Waals surface area contributed by atoms with Crippen LogP contribution in [0.1, 0.15) is 77.0 Å². The first-order valence-electron chi connectivity index (χ1n) is 8.48. The molecule has 18 heavy (non-hydrogen) atoms. The van der Waals surface area contributed by atoms with Crippen molar-refractivity contribution < 1.29 is 0 Å². The van der Waals surface area contributed by atoms with E-state index in [0.29, 0.717) is 0 Å². The normalized spacial score (nSPS) is 23.2. The summed E-state index contributed by atoms with van der Waals surface area (Å²) in [6, 6.07) is 0. The number of hydrogen-bond acceptors (Lipinski definition) is 0. The first-order chi connectivity index (χ1) is 8.92. The summed E-state index contributed by atoms with van der Waals surface area (Å²) in [5.41, 5.74) is 0. The molecule has 0 nitrogen and oxygen atoms in total. The molecule has 0 aliphatic heterocycles. The Bertz CT molecular complexity index is 189. The van der Waals surface area contributed by atoms with E-state index in [1.807, 2.05) is 0 Å². The highest BCUT2D eigenvalue weighted by Gasteiger charge is 2.33. The second kappa shape index (κ2) is 8.66. The molecule has 0 saturated heterocycles. The van der Waals surface area contributed by atoms with Gasteiger partial charge in [0.25, 0.3) is 0 Å². The number of alkyl halides is 1. The SMILES string of the molecule is BrCCCCB(C1CCCCC1)C1CCCCC1. The largest absolute Gasteiger partial charge is 0.146 e. The Labute approximate surface area is 123 Å². The number of hydrogen-bond donors (Lipinski definition) is 0. The van der Waals surface area contributed by atoms with Crippen LogP contribution in [0, 0.1) is 0 Å². The summed E-state index contributed by atoms with van der Waals surface area (Å²) in [6.45, 7) is 1.09. The first-order valence-corrected chi connectivity index (χ1v) is 9.60. The third-order valence-electron chi connectivity index (χ3n) is 5.43. The molecule has 0 unspecified atom stereocenters. The minimum absolute atomic E-state index is 1.09. The molecular formula is C16H30BBr. The second-order valence-electron chi connectivity index (χ2n) is 6.64. The zero-order valence-electron chi connectivity index (χ0n) is 12.0. The summed E-state index contributed by atoms with van der Waals surface area (Å²) in [7, 11) is 0. The summed E-state index contributed by atoms with van der Waals surface area (Å²) in [4.78, 5) is 0. The molecule has 0 spiro atoms. The summed E-state index contributed by atoms with van der Waals surface area (Å²) < 4.78 is 0. The van der Waals surface area contributed by atoms with Crippen molar-refractivity contribution in [3.8, 4) is 0 Å². The standard InChI is InChI=1S/C16H30BBr/c18-14-8-7-13-17(15-9-3-1-4-10-15)16-11-5-2-6-12-16/h15-16H,1-14H2. The van der Waals surface area contributed by atoms with Gasteiger partial charge in [-0.2, -0.15) is 0 Å². The monoisotopic (exact) mass is 312 g/mol. The molecular weight excluding hydrogens is 283 g/mol. The quantitative estimate of drug-likeness (QED) is 0.305. The van der Waals surface area contributed by atoms with Gasteiger partial charge in [0.1, 0.15) is 6.71 Å². The van der Waals surface area contributed by atoms with E-state index in [9.17, 15) is 0 Å². The molecule has 0 amide bonds. The van der Waals surface area contributed by atoms with Crippen molar-refractivity contribution in [1.82, 2.24) is 0 Å². The van der Waals surface area contributed by atoms with Gasteiger partial charge < -0.3 is 0 Å². The smallest absolute Gasteiger partial charge is 0.0928 e. The van der Waals surface area contributed by atoms with Crippen molar-refractivity contribution in [2.45, 2.75) is 95.0 Å². The molecule has 0 aromatic carbocycles. The lowest BCUT2D eigenvalue weighted by atomic mass is 9.28. The molecule has 0 radical (unpaired) electrons. The summed E-state index contributed by atoms with van der Waals surface area (Å²) in [5, 5.41) is 1.20. The van der Waals surface area contributed by atoms with Gasteiger partial charge in [-0.1, -0.05) is 105 Å². The first kappa shape index (κ1) is 14.9. The maximum absolute atomic E-state index is 3.59. The summed E-state index contributed by atoms with van der Waals surface area (Å²) in [5.74, 6) is 2.19. The van der Waals surface area contributed by atoms with Crippen LogP contribution in [0.15, 0.2) is 0 Å². The van der Waals surface area contributed by atoms with Gasteiger partial charge in [-0.15, -0.1) is 0 Å². The van der Waals surface area contributed by atoms with Crippen LogP contribution in [0.2, 0.25) is 18.0 Å². The molecule has 0 N–H and O–H groups in total. The van der Waals surface area contributed by atoms with Crippen molar-refractivity contribution in [2.24, 2.45) is 0 Å². The van der Waals surface area contributed by atoms with E-state index in [0.717, 1.165) is 18.3 Å². The highest BCUT2D eigenvalue weighted by molar-refractivity contribution is 9.09. The summed E-state index contributed by atoms with van der Waals surface area (Å²) >= 11 is 3.59. The average molecular weight is 313 g/mol. The molecule has 0 atom stereocenters. The topological polar surface area (TPSA) is 0 Å². The van der Waals surface area contributed by atoms with Crippen LogP contribution < -0.4 is 0 Å². The lowest BCUT2D eigenvalue weighted by molar-refractivity contribution is 0.459. The van der Waals surface area contributed by atoms with Crippen LogP contribution >= 0.6 is 15.9 Å². The van der Waals surface area contributed by atoms with Crippen molar-refractivity contribution in [3.63, 3.8) is 0 Å². The lowest BCUT2D eigenvalue weighted by Gasteiger charge is -2.35. The zero-order chi connectivity index (χ0) is 12.6. The van der Waals surface area contributed by atoms with Crippen LogP contribution in [0.4, 0.5) is 0 Å². The molecule has 0 aromatic rings. The fraction of sp³-hybridized carbons (Fsp3) is 1.00. The predicted molar refractivity (Wildman–Crippen MR) is 87.3 cm³/mol. The third-order valence-corrected chi connectivity index (χ3v) is 5.99. The fourth-order valence-corrected chi connectivity index (χ4v) is 4.85. The Balaban J connectivity index is 1.87. The average Bonchev–Trinajstić information content (AvgIpc) is 2.46. The van der Waals surface area contributed by atoms with Gasteiger partial charge in [0, 0.05) is 5.33 Å². The molecule has 0 heterocycles. The minimum atomic E-state index is 1.09. The van der Waals surface area contributed by atoms with Crippen molar-refractivity contribution in [3.05, 3.63) is 0 Å². The van der Waals surface area contributed by atoms with Crippen LogP contribution in [-0.2, 0) is 0 Å². The van der Waals surface area contributed by atoms with Gasteiger partial charge in [-0.25, -0.2) is 0 Å². The molecule has 2 fully saturated rings. The van der Waals surface area contributed by atoms with Crippen molar-refractivity contribution in [2.75, 3.05) is 5.33 Å². The maximum Gasteiger partial charge on any atom is 0.146 e. The van der Waals surface area contributed by atoms with Crippen LogP contribution in [0.25, 0.3) is 0 Å². The Kier molecular flexibility index (Phi) is 7.19. The molecule has 0 bridgehead atoms. The Morgan fingerprint density at radius 3 is 1.67 bits per heavy atom. The third kappa shape index (κ3) is 4.58. The van der Waals surface area contributed by atoms with Crippen molar-refractivity contribution >= 4 is 22.6 Å². The van der Waals surface area contributed by atoms with Crippen LogP contribution in [0.5, 0.6) is 0 Å². The van der Waals surface area contributed by atoms with Crippen molar-refractivity contribution in [1.29, 1.82) is 0 Å². The second-order valence-corrected chi connectivity index (χ2v) is 7.44. The molecule has 104 valence electrons.